The maximum Gasteiger partial charge on any atom is 0.394 e. The number of thiazole rings is 1. The third-order valence-electron chi connectivity index (χ3n) is 2.81. The van der Waals surface area contributed by atoms with Gasteiger partial charge >= 0.3 is 6.11 Å². The van der Waals surface area contributed by atoms with Crippen molar-refractivity contribution in [1.82, 2.24) is 20.4 Å². The first kappa shape index (κ1) is 15.1. The summed E-state index contributed by atoms with van der Waals surface area (Å²) < 4.78 is 30.1. The molecule has 23 heavy (non-hydrogen) atoms. The summed E-state index contributed by atoms with van der Waals surface area (Å²) in [6.45, 7) is 0.679. The first-order valence-electron chi connectivity index (χ1n) is 6.40. The highest BCUT2D eigenvalue weighted by Gasteiger charge is 2.23. The molecule has 0 spiro atoms. The van der Waals surface area contributed by atoms with Crippen molar-refractivity contribution < 1.29 is 13.5 Å². The van der Waals surface area contributed by atoms with Crippen LogP contribution >= 0.6 is 11.3 Å². The minimum atomic E-state index is -3.23. The summed E-state index contributed by atoms with van der Waals surface area (Å²) in [4.78, 5) is 4.39. The van der Waals surface area contributed by atoms with Crippen LogP contribution in [0, 0.1) is 11.3 Å². The number of hydrogen-bond acceptors (Lipinski definition) is 6. The molecule has 2 heterocycles. The molecule has 1 aromatic carbocycles. The molecule has 0 aliphatic heterocycles. The summed E-state index contributed by atoms with van der Waals surface area (Å²) >= 11 is 1.31. The first-order valence-corrected chi connectivity index (χ1v) is 7.28. The minimum Gasteiger partial charge on any atom is -0.433 e. The standard InChI is InChI=1S/C14H9F2N5OS/c1-14(15,16)22-9-4-2-8(3-5-9)11-7-23-13(18-11)12-10(6-17)19-21-20-12/h2-5,7H,1H3,(H,19,20,21). The van der Waals surface area contributed by atoms with Gasteiger partial charge in [-0.15, -0.1) is 16.4 Å². The van der Waals surface area contributed by atoms with Gasteiger partial charge in [0.2, 0.25) is 0 Å². The van der Waals surface area contributed by atoms with Gasteiger partial charge in [0.05, 0.1) is 5.69 Å². The summed E-state index contributed by atoms with van der Waals surface area (Å²) in [5.74, 6) is 0.0694. The molecular weight excluding hydrogens is 324 g/mol. The van der Waals surface area contributed by atoms with Crippen molar-refractivity contribution in [2.75, 3.05) is 0 Å². The van der Waals surface area contributed by atoms with E-state index in [9.17, 15) is 8.78 Å². The molecule has 9 heteroatoms. The van der Waals surface area contributed by atoms with Gasteiger partial charge in [-0.3, -0.25) is 0 Å². The number of ether oxygens (including phenoxy) is 1. The fraction of sp³-hybridized carbons (Fsp3) is 0.143. The SMILES string of the molecule is CC(F)(F)Oc1ccc(-c2csc(-c3n[nH]nc3C#N)n2)cc1. The molecule has 116 valence electrons. The quantitative estimate of drug-likeness (QED) is 0.790. The van der Waals surface area contributed by atoms with Crippen LogP contribution in [0.2, 0.25) is 0 Å². The van der Waals surface area contributed by atoms with Gasteiger partial charge in [0, 0.05) is 17.9 Å². The van der Waals surface area contributed by atoms with E-state index in [0.29, 0.717) is 23.3 Å². The minimum absolute atomic E-state index is 0.0694. The maximum absolute atomic E-state index is 12.8. The zero-order chi connectivity index (χ0) is 16.4. The Morgan fingerprint density at radius 1 is 1.26 bits per heavy atom. The van der Waals surface area contributed by atoms with Gasteiger partial charge in [-0.1, -0.05) is 0 Å². The molecule has 0 bridgehead atoms. The highest BCUT2D eigenvalue weighted by molar-refractivity contribution is 7.13. The van der Waals surface area contributed by atoms with E-state index in [2.05, 4.69) is 25.1 Å². The van der Waals surface area contributed by atoms with Gasteiger partial charge in [-0.2, -0.15) is 24.4 Å². The number of aromatic nitrogens is 4. The number of benzene rings is 1. The lowest BCUT2D eigenvalue weighted by Gasteiger charge is -2.12. The molecule has 6 nitrogen and oxygen atoms in total. The van der Waals surface area contributed by atoms with Crippen molar-refractivity contribution in [2.24, 2.45) is 0 Å². The summed E-state index contributed by atoms with van der Waals surface area (Å²) in [7, 11) is 0. The second kappa shape index (κ2) is 5.73. The molecule has 0 radical (unpaired) electrons. The maximum atomic E-state index is 12.8. The highest BCUT2D eigenvalue weighted by Crippen LogP contribution is 2.30. The summed E-state index contributed by atoms with van der Waals surface area (Å²) in [6.07, 6.45) is -3.23. The zero-order valence-corrected chi connectivity index (χ0v) is 12.6. The Hall–Kier alpha value is -2.86. The van der Waals surface area contributed by atoms with E-state index in [-0.39, 0.29) is 11.4 Å². The number of nitrogens with zero attached hydrogens (tertiary/aromatic N) is 4. The van der Waals surface area contributed by atoms with Gasteiger partial charge in [0.25, 0.3) is 0 Å². The Labute approximate surface area is 133 Å². The first-order chi connectivity index (χ1) is 11.0. The van der Waals surface area contributed by atoms with Crippen molar-refractivity contribution in [3.63, 3.8) is 0 Å². The molecule has 2 aromatic heterocycles. The van der Waals surface area contributed by atoms with E-state index in [0.717, 1.165) is 5.56 Å². The van der Waals surface area contributed by atoms with E-state index in [1.165, 1.54) is 23.5 Å². The molecule has 0 aliphatic carbocycles. The van der Waals surface area contributed by atoms with E-state index >= 15 is 0 Å². The van der Waals surface area contributed by atoms with Crippen LogP contribution in [0.1, 0.15) is 12.6 Å². The number of hydrogen-bond donors (Lipinski definition) is 1. The predicted octanol–water partition coefficient (Wildman–Crippen LogP) is 3.46. The number of halogens is 2. The summed E-state index contributed by atoms with van der Waals surface area (Å²) in [5, 5.41) is 21.3. The van der Waals surface area contributed by atoms with Crippen LogP contribution in [-0.2, 0) is 0 Å². The van der Waals surface area contributed by atoms with Gasteiger partial charge < -0.3 is 4.74 Å². The lowest BCUT2D eigenvalue weighted by Crippen LogP contribution is -2.18. The zero-order valence-electron chi connectivity index (χ0n) is 11.7. The average molecular weight is 333 g/mol. The summed E-state index contributed by atoms with van der Waals surface area (Å²) in [5.41, 5.74) is 1.93. The van der Waals surface area contributed by atoms with Crippen LogP contribution in [0.15, 0.2) is 29.6 Å². The molecule has 0 atom stereocenters. The normalized spacial score (nSPS) is 11.2. The second-order valence-corrected chi connectivity index (χ2v) is 5.46. The van der Waals surface area contributed by atoms with Crippen LogP contribution in [0.4, 0.5) is 8.78 Å². The van der Waals surface area contributed by atoms with Crippen LogP contribution in [-0.4, -0.2) is 26.5 Å². The van der Waals surface area contributed by atoms with Crippen LogP contribution < -0.4 is 4.74 Å². The lowest BCUT2D eigenvalue weighted by molar-refractivity contribution is -0.158. The van der Waals surface area contributed by atoms with Crippen LogP contribution in [0.5, 0.6) is 5.75 Å². The predicted molar refractivity (Wildman–Crippen MR) is 78.9 cm³/mol. The number of nitrogens with one attached hydrogen (secondary N) is 1. The van der Waals surface area contributed by atoms with Crippen molar-refractivity contribution in [3.05, 3.63) is 35.3 Å². The van der Waals surface area contributed by atoms with E-state index in [1.54, 1.807) is 17.5 Å². The molecule has 0 aliphatic rings. The molecule has 0 unspecified atom stereocenters. The van der Waals surface area contributed by atoms with Gasteiger partial charge in [-0.05, 0) is 24.3 Å². The Morgan fingerprint density at radius 2 is 2.00 bits per heavy atom. The molecule has 0 saturated carbocycles. The molecule has 3 aromatic rings. The molecular formula is C14H9F2N5OS. The Balaban J connectivity index is 1.85. The van der Waals surface area contributed by atoms with Crippen molar-refractivity contribution in [1.29, 1.82) is 5.26 Å². The van der Waals surface area contributed by atoms with Crippen molar-refractivity contribution in [3.8, 4) is 33.8 Å². The van der Waals surface area contributed by atoms with E-state index in [1.807, 2.05) is 6.07 Å². The highest BCUT2D eigenvalue weighted by atomic mass is 32.1. The fourth-order valence-electron chi connectivity index (χ4n) is 1.87. The Kier molecular flexibility index (Phi) is 3.75. The fourth-order valence-corrected chi connectivity index (χ4v) is 2.69. The van der Waals surface area contributed by atoms with Gasteiger partial charge in [0.15, 0.2) is 11.4 Å². The summed E-state index contributed by atoms with van der Waals surface area (Å²) in [6, 6.07) is 8.09. The van der Waals surface area contributed by atoms with E-state index in [4.69, 9.17) is 5.26 Å². The van der Waals surface area contributed by atoms with Crippen LogP contribution in [0.25, 0.3) is 22.0 Å². The number of rotatable bonds is 4. The molecule has 1 N–H and O–H groups in total. The topological polar surface area (TPSA) is 87.5 Å². The van der Waals surface area contributed by atoms with Gasteiger partial charge in [-0.25, -0.2) is 4.98 Å². The molecule has 0 amide bonds. The molecule has 0 saturated heterocycles. The number of alkyl halides is 2. The van der Waals surface area contributed by atoms with Crippen molar-refractivity contribution in [2.45, 2.75) is 13.0 Å². The number of H-pyrrole nitrogens is 1. The third-order valence-corrected chi connectivity index (χ3v) is 3.66. The monoisotopic (exact) mass is 333 g/mol. The van der Waals surface area contributed by atoms with Crippen LogP contribution in [0.3, 0.4) is 0 Å². The molecule has 0 fully saturated rings. The second-order valence-electron chi connectivity index (χ2n) is 4.60. The smallest absolute Gasteiger partial charge is 0.394 e. The largest absolute Gasteiger partial charge is 0.433 e. The third kappa shape index (κ3) is 3.32. The Morgan fingerprint density at radius 3 is 2.65 bits per heavy atom. The Bertz CT molecular complexity index is 860. The molecule has 3 rings (SSSR count). The van der Waals surface area contributed by atoms with E-state index < -0.39 is 6.11 Å². The average Bonchev–Trinajstić information content (AvgIpc) is 3.15. The lowest BCUT2D eigenvalue weighted by atomic mass is 10.2. The van der Waals surface area contributed by atoms with Gasteiger partial charge in [0.1, 0.15) is 16.8 Å². The number of aromatic amines is 1. The van der Waals surface area contributed by atoms with Crippen molar-refractivity contribution >= 4 is 11.3 Å². The number of nitriles is 1.